The molecule has 25 heavy (non-hydrogen) atoms. The van der Waals surface area contributed by atoms with Gasteiger partial charge in [0.05, 0.1) is 22.3 Å². The Labute approximate surface area is 162 Å². The van der Waals surface area contributed by atoms with E-state index in [1.54, 1.807) is 28.9 Å². The van der Waals surface area contributed by atoms with E-state index >= 15 is 0 Å². The molecule has 0 aliphatic carbocycles. The van der Waals surface area contributed by atoms with Gasteiger partial charge in [-0.05, 0) is 37.6 Å². The summed E-state index contributed by atoms with van der Waals surface area (Å²) in [5.74, 6) is -0.189. The van der Waals surface area contributed by atoms with E-state index in [-0.39, 0.29) is 18.3 Å². The van der Waals surface area contributed by atoms with E-state index in [4.69, 9.17) is 23.2 Å². The molecule has 1 fully saturated rings. The average molecular weight is 405 g/mol. The van der Waals surface area contributed by atoms with Crippen LogP contribution in [-0.4, -0.2) is 45.9 Å². The standard InChI is InChI=1S/C16H19Cl2N5O.ClH/c1-22(9-11-3-2-4-13(17)15(11)18)16(24)14-10-23(21-20-14)12-5-7-19-8-6-12;/h2-4,10,12,19H,5-9H2,1H3;1H. The Balaban J connectivity index is 0.00000225. The summed E-state index contributed by atoms with van der Waals surface area (Å²) in [6, 6.07) is 5.69. The van der Waals surface area contributed by atoms with Crippen LogP contribution < -0.4 is 5.32 Å². The van der Waals surface area contributed by atoms with Gasteiger partial charge in [-0.1, -0.05) is 40.5 Å². The van der Waals surface area contributed by atoms with Crippen LogP contribution in [0.25, 0.3) is 0 Å². The maximum atomic E-state index is 12.6. The second-order valence-electron chi connectivity index (χ2n) is 5.94. The molecule has 1 aromatic heterocycles. The third-order valence-electron chi connectivity index (χ3n) is 4.20. The maximum Gasteiger partial charge on any atom is 0.276 e. The lowest BCUT2D eigenvalue weighted by Crippen LogP contribution is -2.29. The fraction of sp³-hybridized carbons (Fsp3) is 0.438. The SMILES string of the molecule is CN(Cc1cccc(Cl)c1Cl)C(=O)c1cn(C2CCNCC2)nn1.Cl. The Morgan fingerprint density at radius 1 is 1.36 bits per heavy atom. The molecule has 1 N–H and O–H groups in total. The molecule has 136 valence electrons. The van der Waals surface area contributed by atoms with Gasteiger partial charge < -0.3 is 10.2 Å². The van der Waals surface area contributed by atoms with Gasteiger partial charge in [-0.3, -0.25) is 4.79 Å². The van der Waals surface area contributed by atoms with Gasteiger partial charge in [-0.15, -0.1) is 17.5 Å². The molecule has 0 unspecified atom stereocenters. The summed E-state index contributed by atoms with van der Waals surface area (Å²) in [6.45, 7) is 2.28. The number of hydrogen-bond donors (Lipinski definition) is 1. The van der Waals surface area contributed by atoms with E-state index in [1.165, 1.54) is 0 Å². The summed E-state index contributed by atoms with van der Waals surface area (Å²) in [6.07, 6.45) is 3.71. The lowest BCUT2D eigenvalue weighted by molar-refractivity contribution is 0.0779. The number of amides is 1. The third kappa shape index (κ3) is 4.64. The van der Waals surface area contributed by atoms with Crippen molar-refractivity contribution in [3.8, 4) is 0 Å². The fourth-order valence-electron chi connectivity index (χ4n) is 2.82. The lowest BCUT2D eigenvalue weighted by atomic mass is 10.1. The molecule has 1 aromatic carbocycles. The van der Waals surface area contributed by atoms with Crippen molar-refractivity contribution in [2.45, 2.75) is 25.4 Å². The van der Waals surface area contributed by atoms with Crippen molar-refractivity contribution in [1.82, 2.24) is 25.2 Å². The Kier molecular flexibility index (Phi) is 7.07. The molecule has 2 aromatic rings. The highest BCUT2D eigenvalue weighted by Crippen LogP contribution is 2.26. The van der Waals surface area contributed by atoms with Crippen LogP contribution in [0.3, 0.4) is 0 Å². The van der Waals surface area contributed by atoms with E-state index in [0.717, 1.165) is 31.5 Å². The van der Waals surface area contributed by atoms with E-state index in [0.29, 0.717) is 28.3 Å². The molecule has 1 saturated heterocycles. The Morgan fingerprint density at radius 3 is 2.80 bits per heavy atom. The molecule has 3 rings (SSSR count). The van der Waals surface area contributed by atoms with E-state index in [2.05, 4.69) is 15.6 Å². The first-order valence-electron chi connectivity index (χ1n) is 7.87. The smallest absolute Gasteiger partial charge is 0.276 e. The topological polar surface area (TPSA) is 63.1 Å². The molecule has 0 spiro atoms. The molecule has 0 saturated carbocycles. The number of nitrogens with zero attached hydrogens (tertiary/aromatic N) is 4. The second-order valence-corrected chi connectivity index (χ2v) is 6.72. The maximum absolute atomic E-state index is 12.6. The molecule has 0 radical (unpaired) electrons. The van der Waals surface area contributed by atoms with Crippen LogP contribution in [0.4, 0.5) is 0 Å². The summed E-state index contributed by atoms with van der Waals surface area (Å²) in [5.41, 5.74) is 1.14. The third-order valence-corrected chi connectivity index (χ3v) is 5.06. The quantitative estimate of drug-likeness (QED) is 0.850. The first-order valence-corrected chi connectivity index (χ1v) is 8.62. The first-order chi connectivity index (χ1) is 11.6. The van der Waals surface area contributed by atoms with E-state index in [1.807, 2.05) is 12.1 Å². The number of hydrogen-bond acceptors (Lipinski definition) is 4. The number of rotatable bonds is 4. The summed E-state index contributed by atoms with van der Waals surface area (Å²) in [5, 5.41) is 12.4. The minimum atomic E-state index is -0.189. The van der Waals surface area contributed by atoms with Gasteiger partial charge in [0.15, 0.2) is 5.69 Å². The zero-order valence-corrected chi connectivity index (χ0v) is 16.1. The van der Waals surface area contributed by atoms with Crippen LogP contribution in [-0.2, 0) is 6.54 Å². The fourth-order valence-corrected chi connectivity index (χ4v) is 3.20. The highest BCUT2D eigenvalue weighted by molar-refractivity contribution is 6.42. The van der Waals surface area contributed by atoms with Gasteiger partial charge >= 0.3 is 0 Å². The van der Waals surface area contributed by atoms with Crippen molar-refractivity contribution >= 4 is 41.5 Å². The number of carbonyl (C=O) groups is 1. The zero-order valence-electron chi connectivity index (χ0n) is 13.8. The van der Waals surface area contributed by atoms with Crippen molar-refractivity contribution in [2.75, 3.05) is 20.1 Å². The first kappa shape index (κ1) is 20.0. The van der Waals surface area contributed by atoms with Gasteiger partial charge in [0, 0.05) is 13.6 Å². The average Bonchev–Trinajstić information content (AvgIpc) is 3.09. The van der Waals surface area contributed by atoms with Crippen molar-refractivity contribution in [3.05, 3.63) is 45.7 Å². The predicted octanol–water partition coefficient (Wildman–Crippen LogP) is 3.20. The zero-order chi connectivity index (χ0) is 17.1. The lowest BCUT2D eigenvalue weighted by Gasteiger charge is -2.22. The second kappa shape index (κ2) is 8.85. The van der Waals surface area contributed by atoms with Crippen LogP contribution in [0, 0.1) is 0 Å². The molecular formula is C16H20Cl3N5O. The molecule has 6 nitrogen and oxygen atoms in total. The number of nitrogens with one attached hydrogen (secondary N) is 1. The summed E-state index contributed by atoms with van der Waals surface area (Å²) >= 11 is 12.2. The number of piperidine rings is 1. The molecule has 0 atom stereocenters. The molecule has 1 amide bonds. The predicted molar refractivity (Wildman–Crippen MR) is 101 cm³/mol. The Morgan fingerprint density at radius 2 is 2.08 bits per heavy atom. The van der Waals surface area contributed by atoms with Gasteiger partial charge in [0.25, 0.3) is 5.91 Å². The molecule has 0 bridgehead atoms. The van der Waals surface area contributed by atoms with Crippen LogP contribution >= 0.6 is 35.6 Å². The normalized spacial score (nSPS) is 14.8. The monoisotopic (exact) mass is 403 g/mol. The van der Waals surface area contributed by atoms with Crippen LogP contribution in [0.15, 0.2) is 24.4 Å². The van der Waals surface area contributed by atoms with Crippen molar-refractivity contribution in [2.24, 2.45) is 0 Å². The van der Waals surface area contributed by atoms with Gasteiger partial charge in [-0.25, -0.2) is 4.68 Å². The van der Waals surface area contributed by atoms with Crippen molar-refractivity contribution < 1.29 is 4.79 Å². The van der Waals surface area contributed by atoms with Crippen LogP contribution in [0.2, 0.25) is 10.0 Å². The minimum Gasteiger partial charge on any atom is -0.336 e. The van der Waals surface area contributed by atoms with E-state index < -0.39 is 0 Å². The highest BCUT2D eigenvalue weighted by Gasteiger charge is 2.21. The summed E-state index contributed by atoms with van der Waals surface area (Å²) < 4.78 is 1.80. The summed E-state index contributed by atoms with van der Waals surface area (Å²) in [7, 11) is 1.71. The Hall–Kier alpha value is -1.34. The van der Waals surface area contributed by atoms with Gasteiger partial charge in [0.2, 0.25) is 0 Å². The Bertz CT molecular complexity index is 730. The molecular weight excluding hydrogens is 385 g/mol. The minimum absolute atomic E-state index is 0. The largest absolute Gasteiger partial charge is 0.336 e. The number of benzene rings is 1. The highest BCUT2D eigenvalue weighted by atomic mass is 35.5. The van der Waals surface area contributed by atoms with Gasteiger partial charge in [-0.2, -0.15) is 0 Å². The number of aromatic nitrogens is 3. The van der Waals surface area contributed by atoms with Crippen LogP contribution in [0.1, 0.15) is 34.9 Å². The molecule has 9 heteroatoms. The number of carbonyl (C=O) groups excluding carboxylic acids is 1. The van der Waals surface area contributed by atoms with Crippen molar-refractivity contribution in [1.29, 1.82) is 0 Å². The van der Waals surface area contributed by atoms with E-state index in [9.17, 15) is 4.79 Å². The molecule has 1 aliphatic heterocycles. The van der Waals surface area contributed by atoms with Crippen molar-refractivity contribution in [3.63, 3.8) is 0 Å². The van der Waals surface area contributed by atoms with Gasteiger partial charge in [0.1, 0.15) is 0 Å². The summed E-state index contributed by atoms with van der Waals surface area (Å²) in [4.78, 5) is 14.1. The molecule has 2 heterocycles. The molecule has 1 aliphatic rings. The van der Waals surface area contributed by atoms with Crippen LogP contribution in [0.5, 0.6) is 0 Å². The number of halogens is 3.